The average Bonchev–Trinajstić information content (AvgIpc) is 3.68. The number of rotatable bonds is 5. The first-order chi connectivity index (χ1) is 25.0. The molecule has 8 aliphatic rings. The van der Waals surface area contributed by atoms with Crippen LogP contribution in [0.4, 0.5) is 4.79 Å². The van der Waals surface area contributed by atoms with E-state index in [2.05, 4.69) is 34.6 Å². The predicted octanol–water partition coefficient (Wildman–Crippen LogP) is 5.37. The zero-order valence-electron chi connectivity index (χ0n) is 34.7. The van der Waals surface area contributed by atoms with Crippen LogP contribution in [0.15, 0.2) is 0 Å². The number of nitrogens with zero attached hydrogens (tertiary/aromatic N) is 2. The molecular weight excluding hydrogens is 688 g/mol. The summed E-state index contributed by atoms with van der Waals surface area (Å²) in [5, 5.41) is 34.2. The number of aliphatic hydroxyl groups is 3. The molecule has 306 valence electrons. The molecule has 14 atom stereocenters. The summed E-state index contributed by atoms with van der Waals surface area (Å²) in [6.07, 6.45) is 5.15. The molecule has 5 aliphatic carbocycles. The van der Waals surface area contributed by atoms with Crippen molar-refractivity contribution in [2.75, 3.05) is 32.8 Å². The van der Waals surface area contributed by atoms with Crippen molar-refractivity contribution >= 4 is 12.0 Å². The van der Waals surface area contributed by atoms with Crippen LogP contribution in [0.1, 0.15) is 121 Å². The maximum absolute atomic E-state index is 13.5. The van der Waals surface area contributed by atoms with Crippen LogP contribution in [-0.2, 0) is 23.7 Å². The highest BCUT2D eigenvalue weighted by atomic mass is 16.7. The lowest BCUT2D eigenvalue weighted by atomic mass is 9.41. The van der Waals surface area contributed by atoms with Crippen molar-refractivity contribution in [2.24, 2.45) is 56.7 Å². The van der Waals surface area contributed by atoms with Crippen LogP contribution in [0.2, 0.25) is 0 Å². The van der Waals surface area contributed by atoms with Gasteiger partial charge < -0.3 is 44.1 Å². The molecule has 54 heavy (non-hydrogen) atoms. The lowest BCUT2D eigenvalue weighted by molar-refractivity contribution is -0.248. The Morgan fingerprint density at radius 1 is 0.907 bits per heavy atom. The predicted molar refractivity (Wildman–Crippen MR) is 201 cm³/mol. The van der Waals surface area contributed by atoms with E-state index in [1.807, 2.05) is 25.7 Å². The van der Waals surface area contributed by atoms with Crippen LogP contribution in [0.3, 0.4) is 0 Å². The van der Waals surface area contributed by atoms with Gasteiger partial charge in [-0.3, -0.25) is 4.79 Å². The number of fused-ring (bicyclic) bond motifs is 4. The Kier molecular flexibility index (Phi) is 9.11. The van der Waals surface area contributed by atoms with Gasteiger partial charge in [0, 0.05) is 25.0 Å². The van der Waals surface area contributed by atoms with Gasteiger partial charge in [-0.15, -0.1) is 0 Å². The van der Waals surface area contributed by atoms with Gasteiger partial charge in [0.15, 0.2) is 6.29 Å². The Morgan fingerprint density at radius 2 is 1.57 bits per heavy atom. The minimum absolute atomic E-state index is 0.0199. The van der Waals surface area contributed by atoms with E-state index in [-0.39, 0.29) is 69.0 Å². The number of hydrogen-bond donors (Lipinski definition) is 3. The topological polar surface area (TPSA) is 138 Å². The van der Waals surface area contributed by atoms with Crippen molar-refractivity contribution in [3.05, 3.63) is 0 Å². The number of morpholine rings is 1. The average molecular weight is 759 g/mol. The Bertz CT molecular complexity index is 1500. The second-order valence-corrected chi connectivity index (χ2v) is 21.9. The Hall–Kier alpha value is -1.50. The highest BCUT2D eigenvalue weighted by Gasteiger charge is 2.84. The lowest BCUT2D eigenvalue weighted by Crippen LogP contribution is -2.61. The fourth-order valence-electron chi connectivity index (χ4n) is 14.7. The molecule has 8 fully saturated rings. The minimum atomic E-state index is -1.28. The quantitative estimate of drug-likeness (QED) is 0.338. The summed E-state index contributed by atoms with van der Waals surface area (Å²) < 4.78 is 25.2. The first-order valence-electron chi connectivity index (χ1n) is 21.3. The first-order valence-corrected chi connectivity index (χ1v) is 21.3. The van der Waals surface area contributed by atoms with Crippen molar-refractivity contribution in [3.8, 4) is 0 Å². The van der Waals surface area contributed by atoms with Gasteiger partial charge in [0.25, 0.3) is 0 Å². The maximum atomic E-state index is 13.5. The number of likely N-dealkylation sites (tertiary alicyclic amines) is 1. The van der Waals surface area contributed by atoms with Crippen molar-refractivity contribution in [3.63, 3.8) is 0 Å². The van der Waals surface area contributed by atoms with Crippen LogP contribution < -0.4 is 0 Å². The second-order valence-electron chi connectivity index (χ2n) is 21.9. The molecule has 0 aromatic heterocycles. The molecule has 0 aromatic rings. The fourth-order valence-corrected chi connectivity index (χ4v) is 14.7. The molecule has 3 heterocycles. The van der Waals surface area contributed by atoms with Gasteiger partial charge in [0.2, 0.25) is 5.91 Å². The molecule has 2 spiro atoms. The third-order valence-electron chi connectivity index (χ3n) is 17.4. The van der Waals surface area contributed by atoms with E-state index < -0.39 is 35.8 Å². The van der Waals surface area contributed by atoms with E-state index in [0.717, 1.165) is 32.1 Å². The largest absolute Gasteiger partial charge is 0.444 e. The summed E-state index contributed by atoms with van der Waals surface area (Å²) in [6.45, 7) is 22.9. The van der Waals surface area contributed by atoms with Gasteiger partial charge >= 0.3 is 6.09 Å². The summed E-state index contributed by atoms with van der Waals surface area (Å²) >= 11 is 0. The van der Waals surface area contributed by atoms with Crippen molar-refractivity contribution in [1.82, 2.24) is 9.80 Å². The maximum Gasteiger partial charge on any atom is 0.410 e. The molecule has 0 bridgehead atoms. The Morgan fingerprint density at radius 3 is 2.24 bits per heavy atom. The monoisotopic (exact) mass is 759 g/mol. The number of amides is 2. The smallest absolute Gasteiger partial charge is 0.410 e. The van der Waals surface area contributed by atoms with E-state index >= 15 is 0 Å². The van der Waals surface area contributed by atoms with Crippen LogP contribution in [0.25, 0.3) is 0 Å². The SMILES string of the molecule is C[C@@H]1CC([C@H](O)C(C)(C)O)OC2C1[C@@]1(C)CCC34C[C@@]35CC[C@H](OC3CN(C(=O)C6CN(C(=O)OC(C)(C)C)C6)CCO3)C(C)(C)[C@@H]5CC[C@H]4[C@]1(C)[C@H]2O. The zero-order valence-corrected chi connectivity index (χ0v) is 34.7. The van der Waals surface area contributed by atoms with Gasteiger partial charge in [0.05, 0.1) is 49.1 Å². The summed E-state index contributed by atoms with van der Waals surface area (Å²) in [4.78, 5) is 29.4. The minimum Gasteiger partial charge on any atom is -0.444 e. The highest BCUT2D eigenvalue weighted by molar-refractivity contribution is 5.82. The van der Waals surface area contributed by atoms with E-state index in [9.17, 15) is 24.9 Å². The van der Waals surface area contributed by atoms with E-state index in [0.29, 0.717) is 51.0 Å². The van der Waals surface area contributed by atoms with Gasteiger partial charge in [0.1, 0.15) is 11.7 Å². The number of hydrogen-bond acceptors (Lipinski definition) is 9. The van der Waals surface area contributed by atoms with Crippen molar-refractivity contribution < 1.29 is 43.9 Å². The number of carbonyl (C=O) groups excluding carboxylic acids is 2. The van der Waals surface area contributed by atoms with E-state index in [4.69, 9.17) is 18.9 Å². The third-order valence-corrected chi connectivity index (χ3v) is 17.4. The highest BCUT2D eigenvalue weighted by Crippen LogP contribution is 2.89. The second kappa shape index (κ2) is 12.5. The van der Waals surface area contributed by atoms with Crippen LogP contribution in [-0.4, -0.2) is 118 Å². The third kappa shape index (κ3) is 5.54. The van der Waals surface area contributed by atoms with Crippen LogP contribution in [0.5, 0.6) is 0 Å². The lowest BCUT2D eigenvalue weighted by Gasteiger charge is -2.64. The molecule has 8 rings (SSSR count). The van der Waals surface area contributed by atoms with Crippen molar-refractivity contribution in [2.45, 2.75) is 169 Å². The molecular formula is C43H70N2O9. The Labute approximate surface area is 323 Å². The molecule has 5 saturated carbocycles. The zero-order chi connectivity index (χ0) is 39.2. The van der Waals surface area contributed by atoms with Crippen molar-refractivity contribution in [1.29, 1.82) is 0 Å². The summed E-state index contributed by atoms with van der Waals surface area (Å²) in [6, 6.07) is 0. The molecule has 11 nitrogen and oxygen atoms in total. The van der Waals surface area contributed by atoms with Gasteiger partial charge in [-0.05, 0) is 131 Å². The fraction of sp³-hybridized carbons (Fsp3) is 0.953. The molecule has 3 N–H and O–H groups in total. The molecule has 0 aromatic carbocycles. The molecule has 5 unspecified atom stereocenters. The number of carbonyl (C=O) groups is 2. The standard InChI is InChI=1S/C43H70N2O9/c1-24-19-26(33(46)39(7,8)50)52-32-31(24)40(9)15-16-43-23-42(43)14-13-29(38(5,6)27(42)11-12-28(43)41(40,10)34(32)47)53-30-22-44(17-18-51-30)35(48)25-20-45(21-25)36(49)54-37(2,3)4/h24-34,46-47,50H,11-23H2,1-10H3/t24-,26?,27+,28+,29+,30?,31?,32?,33+,34+,40-,41-,42-,43?/m1/s1. The summed E-state index contributed by atoms with van der Waals surface area (Å²) in [5.74, 6) is 1.23. The number of ether oxygens (including phenoxy) is 4. The van der Waals surface area contributed by atoms with Crippen LogP contribution in [0, 0.1) is 56.7 Å². The molecule has 2 amide bonds. The molecule has 0 radical (unpaired) electrons. The Balaban J connectivity index is 0.935. The normalized spacial score (nSPS) is 47.6. The van der Waals surface area contributed by atoms with Gasteiger partial charge in [-0.1, -0.05) is 34.6 Å². The first kappa shape index (κ1) is 39.3. The number of aliphatic hydroxyl groups excluding tert-OH is 2. The molecule has 11 heteroatoms. The van der Waals surface area contributed by atoms with E-state index in [1.165, 1.54) is 12.8 Å². The van der Waals surface area contributed by atoms with Crippen LogP contribution >= 0.6 is 0 Å². The molecule has 3 aliphatic heterocycles. The molecule has 3 saturated heterocycles. The summed E-state index contributed by atoms with van der Waals surface area (Å²) in [5.41, 5.74) is -1.84. The van der Waals surface area contributed by atoms with Gasteiger partial charge in [-0.25, -0.2) is 4.79 Å². The van der Waals surface area contributed by atoms with Gasteiger partial charge in [-0.2, -0.15) is 0 Å². The van der Waals surface area contributed by atoms with E-state index in [1.54, 1.807) is 18.7 Å². The summed E-state index contributed by atoms with van der Waals surface area (Å²) in [7, 11) is 0.